The number of hydrogen-bond donors (Lipinski definition) is 4. The molecule has 8 aromatic rings. The topological polar surface area (TPSA) is 120 Å². The van der Waals surface area contributed by atoms with Crippen molar-refractivity contribution in [3.8, 4) is 11.5 Å². The summed E-state index contributed by atoms with van der Waals surface area (Å²) in [6.07, 6.45) is 0. The summed E-state index contributed by atoms with van der Waals surface area (Å²) in [4.78, 5) is 9.87. The van der Waals surface area contributed by atoms with Gasteiger partial charge in [0.1, 0.15) is 0 Å². The van der Waals surface area contributed by atoms with Crippen LogP contribution in [0.25, 0.3) is 10.8 Å². The predicted octanol–water partition coefficient (Wildman–Crippen LogP) is 14.3. The smallest absolute Gasteiger partial charge is 0.873 e. The Hall–Kier alpha value is -6.31. The van der Waals surface area contributed by atoms with E-state index in [1.807, 2.05) is 24.3 Å². The van der Waals surface area contributed by atoms with Gasteiger partial charge in [-0.05, 0) is 165 Å². The summed E-state index contributed by atoms with van der Waals surface area (Å²) >= 11 is 0. The molecular formula is C60H68Co2N6O2. The third-order valence-electron chi connectivity index (χ3n) is 12.2. The van der Waals surface area contributed by atoms with Gasteiger partial charge < -0.3 is 31.5 Å². The Morgan fingerprint density at radius 2 is 0.571 bits per heavy atom. The van der Waals surface area contributed by atoms with Crippen LogP contribution in [0.4, 0.5) is 22.7 Å². The Morgan fingerprint density at radius 1 is 0.329 bits per heavy atom. The Bertz CT molecular complexity index is 2630. The van der Waals surface area contributed by atoms with Crippen LogP contribution in [0.2, 0.25) is 0 Å². The quantitative estimate of drug-likeness (QED) is 0.0955. The first kappa shape index (κ1) is 56.3. The van der Waals surface area contributed by atoms with Crippen LogP contribution >= 0.6 is 0 Å². The largest absolute Gasteiger partial charge is 1.00 e. The predicted molar refractivity (Wildman–Crippen MR) is 283 cm³/mol. The van der Waals surface area contributed by atoms with E-state index < -0.39 is 11.5 Å². The molecule has 4 atom stereocenters. The van der Waals surface area contributed by atoms with E-state index in [9.17, 15) is 10.2 Å². The van der Waals surface area contributed by atoms with Crippen molar-refractivity contribution >= 4 is 33.5 Å². The fourth-order valence-electron chi connectivity index (χ4n) is 8.23. The number of nitrogens with one attached hydrogen (secondary N) is 4. The van der Waals surface area contributed by atoms with Crippen molar-refractivity contribution in [1.82, 2.24) is 9.97 Å². The summed E-state index contributed by atoms with van der Waals surface area (Å²) < 4.78 is 0. The van der Waals surface area contributed by atoms with E-state index in [1.165, 1.54) is 56.6 Å². The Morgan fingerprint density at radius 3 is 0.800 bits per heavy atom. The second-order valence-electron chi connectivity index (χ2n) is 18.4. The second-order valence-corrected chi connectivity index (χ2v) is 18.4. The van der Waals surface area contributed by atoms with Gasteiger partial charge in [-0.3, -0.25) is 9.97 Å². The minimum atomic E-state index is -0.436. The second kappa shape index (κ2) is 26.1. The van der Waals surface area contributed by atoms with Gasteiger partial charge in [-0.25, -0.2) is 0 Å². The molecule has 0 spiro atoms. The zero-order valence-electron chi connectivity index (χ0n) is 42.5. The molecule has 2 heterocycles. The summed E-state index contributed by atoms with van der Waals surface area (Å²) in [6, 6.07) is 49.1. The van der Waals surface area contributed by atoms with Gasteiger partial charge in [-0.2, -0.15) is 0 Å². The molecule has 0 saturated carbocycles. The molecule has 0 aliphatic carbocycles. The molecule has 0 aliphatic rings. The molecule has 0 fully saturated rings. The van der Waals surface area contributed by atoms with Gasteiger partial charge in [-0.1, -0.05) is 119 Å². The van der Waals surface area contributed by atoms with E-state index in [4.69, 9.17) is 9.97 Å². The molecule has 368 valence electrons. The number of anilines is 4. The normalized spacial score (nSPS) is 12.2. The van der Waals surface area contributed by atoms with Crippen molar-refractivity contribution in [2.45, 2.75) is 107 Å². The van der Waals surface area contributed by atoms with Crippen molar-refractivity contribution in [3.63, 3.8) is 0 Å². The van der Waals surface area contributed by atoms with Crippen LogP contribution in [-0.4, -0.2) is 9.97 Å². The Kier molecular flexibility index (Phi) is 21.0. The molecule has 0 saturated heterocycles. The van der Waals surface area contributed by atoms with Crippen LogP contribution in [0, 0.1) is 55.4 Å². The maximum atomic E-state index is 10.9. The third-order valence-corrected chi connectivity index (χ3v) is 12.2. The molecule has 70 heavy (non-hydrogen) atoms. The van der Waals surface area contributed by atoms with Crippen molar-refractivity contribution < 1.29 is 43.8 Å². The molecule has 2 aromatic heterocycles. The van der Waals surface area contributed by atoms with Crippen LogP contribution in [0.3, 0.4) is 0 Å². The van der Waals surface area contributed by atoms with E-state index in [-0.39, 0.29) is 57.7 Å². The fraction of sp³-hybridized carbons (Fsp3) is 0.267. The first-order chi connectivity index (χ1) is 32.4. The van der Waals surface area contributed by atoms with Gasteiger partial charge in [-0.15, -0.1) is 11.5 Å². The Labute approximate surface area is 437 Å². The van der Waals surface area contributed by atoms with E-state index in [2.05, 4.69) is 214 Å². The summed E-state index contributed by atoms with van der Waals surface area (Å²) in [7, 11) is 0. The van der Waals surface area contributed by atoms with E-state index in [0.717, 1.165) is 56.3 Å². The zero-order valence-corrected chi connectivity index (χ0v) is 44.6. The molecule has 0 amide bonds. The van der Waals surface area contributed by atoms with Gasteiger partial charge in [0.2, 0.25) is 0 Å². The maximum absolute atomic E-state index is 10.9. The molecule has 0 aliphatic heterocycles. The standard InChI is InChI=1S/2C25H31N3.C10H8O2.2Co/c2*1-16-10-12-22(18(3)14-16)26-20(5)24-8-7-9-25(28-24)21(6)27-23-13-11-17(2)15-19(23)4;11-9-5-7-3-1-2-4-8(7)6-10(9)12;;/h2*7-15,20-21,26-27H,1-6H3;1-6,11-12H;;/q;;;2*+1/p-2. The third kappa shape index (κ3) is 15.6. The molecule has 4 N–H and O–H groups in total. The Balaban J connectivity index is 0.000000241. The van der Waals surface area contributed by atoms with E-state index in [1.54, 1.807) is 0 Å². The molecule has 8 nitrogen and oxygen atoms in total. The number of fused-ring (bicyclic) bond motifs is 1. The molecule has 0 radical (unpaired) electrons. The number of hydrogen-bond acceptors (Lipinski definition) is 8. The molecule has 6 aromatic carbocycles. The van der Waals surface area contributed by atoms with Crippen LogP contribution in [0.1, 0.15) is 119 Å². The zero-order chi connectivity index (χ0) is 49.1. The van der Waals surface area contributed by atoms with Gasteiger partial charge in [0, 0.05) is 22.7 Å². The van der Waals surface area contributed by atoms with Crippen LogP contribution < -0.4 is 31.5 Å². The number of benzene rings is 6. The van der Waals surface area contributed by atoms with Crippen molar-refractivity contribution in [3.05, 3.63) is 213 Å². The van der Waals surface area contributed by atoms with Crippen LogP contribution in [0.5, 0.6) is 11.5 Å². The van der Waals surface area contributed by atoms with Crippen molar-refractivity contribution in [1.29, 1.82) is 0 Å². The monoisotopic (exact) mass is 1020 g/mol. The molecule has 4 unspecified atom stereocenters. The summed E-state index contributed by atoms with van der Waals surface area (Å²) in [6.45, 7) is 25.7. The molecule has 8 rings (SSSR count). The van der Waals surface area contributed by atoms with Crippen molar-refractivity contribution in [2.75, 3.05) is 21.3 Å². The minimum absolute atomic E-state index is 0. The summed E-state index contributed by atoms with van der Waals surface area (Å²) in [5.41, 5.74) is 19.0. The first-order valence-electron chi connectivity index (χ1n) is 23.6. The van der Waals surface area contributed by atoms with Crippen molar-refractivity contribution in [2.24, 2.45) is 0 Å². The summed E-state index contributed by atoms with van der Waals surface area (Å²) in [5, 5.41) is 37.9. The number of aromatic nitrogens is 2. The van der Waals surface area contributed by atoms with Gasteiger partial charge in [0.15, 0.2) is 0 Å². The van der Waals surface area contributed by atoms with Crippen LogP contribution in [0.15, 0.2) is 146 Å². The molecule has 0 bridgehead atoms. The number of nitrogens with zero attached hydrogens (tertiary/aromatic N) is 2. The van der Waals surface area contributed by atoms with Gasteiger partial charge >= 0.3 is 33.6 Å². The number of rotatable bonds is 12. The maximum Gasteiger partial charge on any atom is 1.00 e. The number of pyridine rings is 2. The fourth-order valence-corrected chi connectivity index (χ4v) is 8.23. The average molecular weight is 1020 g/mol. The van der Waals surface area contributed by atoms with E-state index in [0.29, 0.717) is 0 Å². The van der Waals surface area contributed by atoms with Gasteiger partial charge in [0.05, 0.1) is 46.9 Å². The average Bonchev–Trinajstić information content (AvgIpc) is 3.31. The SMILES string of the molecule is Cc1ccc(NC(C)c2cccc(C(C)Nc3ccc(C)cc3C)n2)c(C)c1.Cc1ccc(NC(C)c2cccc(C(C)Nc3ccc(C)cc3C)n2)c(C)c1.[Co+].[Co+].[O-]c1cc2ccccc2cc1[O-]. The van der Waals surface area contributed by atoms with E-state index >= 15 is 0 Å². The van der Waals surface area contributed by atoms with Crippen LogP contribution in [-0.2, 0) is 33.6 Å². The molecule has 10 heteroatoms. The first-order valence-corrected chi connectivity index (χ1v) is 23.6. The molecular weight excluding hydrogens is 955 g/mol. The van der Waals surface area contributed by atoms with Gasteiger partial charge in [0.25, 0.3) is 0 Å². The number of aryl methyl sites for hydroxylation is 8. The summed E-state index contributed by atoms with van der Waals surface area (Å²) in [5.74, 6) is -0.873. The minimum Gasteiger partial charge on any atom is -0.873 e.